The minimum absolute atomic E-state index is 0.335. The number of aromatic nitrogens is 1. The Labute approximate surface area is 200 Å². The van der Waals surface area contributed by atoms with Gasteiger partial charge in [0.2, 0.25) is 0 Å². The molecule has 0 aliphatic carbocycles. The molecule has 1 N–H and O–H groups in total. The van der Waals surface area contributed by atoms with Crippen LogP contribution in [0, 0.1) is 6.92 Å². The summed E-state index contributed by atoms with van der Waals surface area (Å²) < 4.78 is 17.5. The van der Waals surface area contributed by atoms with Gasteiger partial charge >= 0.3 is 0 Å². The number of methoxy groups -OCH3 is 2. The van der Waals surface area contributed by atoms with E-state index >= 15 is 0 Å². The zero-order chi connectivity index (χ0) is 23.2. The summed E-state index contributed by atoms with van der Waals surface area (Å²) in [5.41, 5.74) is 9.04. The summed E-state index contributed by atoms with van der Waals surface area (Å²) in [6, 6.07) is 19.5. The smallest absolute Gasteiger partial charge is 0.161 e. The molecule has 3 heterocycles. The topological polar surface area (TPSA) is 46.7 Å². The molecule has 0 bridgehead atoms. The number of hydrogen-bond donors (Lipinski definition) is 1. The first-order valence-electron chi connectivity index (χ1n) is 11.9. The second kappa shape index (κ2) is 8.41. The van der Waals surface area contributed by atoms with E-state index in [4.69, 9.17) is 14.2 Å². The third-order valence-corrected chi connectivity index (χ3v) is 7.37. The molecule has 1 atom stereocenters. The Morgan fingerprint density at radius 1 is 0.971 bits per heavy atom. The maximum atomic E-state index is 6.23. The molecule has 34 heavy (non-hydrogen) atoms. The zero-order valence-electron chi connectivity index (χ0n) is 20.0. The van der Waals surface area contributed by atoms with Crippen molar-refractivity contribution in [2.75, 3.05) is 20.8 Å². The first kappa shape index (κ1) is 21.1. The normalized spacial score (nSPS) is 17.1. The van der Waals surface area contributed by atoms with E-state index < -0.39 is 0 Å². The minimum atomic E-state index is 0.335. The van der Waals surface area contributed by atoms with Gasteiger partial charge in [-0.25, -0.2) is 0 Å². The Hall–Kier alpha value is -3.44. The molecule has 0 radical (unpaired) electrons. The molecule has 5 heteroatoms. The largest absolute Gasteiger partial charge is 0.497 e. The molecule has 0 fully saturated rings. The quantitative estimate of drug-likeness (QED) is 0.418. The number of benzene rings is 3. The van der Waals surface area contributed by atoms with E-state index in [2.05, 4.69) is 65.3 Å². The van der Waals surface area contributed by atoms with Gasteiger partial charge in [0.25, 0.3) is 0 Å². The number of ether oxygens (including phenoxy) is 3. The Morgan fingerprint density at radius 3 is 2.62 bits per heavy atom. The van der Waals surface area contributed by atoms with Crippen molar-refractivity contribution < 1.29 is 14.2 Å². The van der Waals surface area contributed by atoms with E-state index in [9.17, 15) is 0 Å². The lowest BCUT2D eigenvalue weighted by Gasteiger charge is -2.40. The minimum Gasteiger partial charge on any atom is -0.497 e. The van der Waals surface area contributed by atoms with Crippen molar-refractivity contribution in [1.82, 2.24) is 9.88 Å². The van der Waals surface area contributed by atoms with Crippen molar-refractivity contribution in [2.45, 2.75) is 39.0 Å². The lowest BCUT2D eigenvalue weighted by atomic mass is 9.85. The highest BCUT2D eigenvalue weighted by Crippen LogP contribution is 2.44. The van der Waals surface area contributed by atoms with Crippen LogP contribution in [-0.2, 0) is 26.0 Å². The van der Waals surface area contributed by atoms with Gasteiger partial charge in [-0.2, -0.15) is 0 Å². The molecule has 1 aromatic heterocycles. The number of aryl methyl sites for hydroxylation is 1. The summed E-state index contributed by atoms with van der Waals surface area (Å²) in [6.45, 7) is 4.61. The monoisotopic (exact) mass is 454 g/mol. The second-order valence-electron chi connectivity index (χ2n) is 9.41. The zero-order valence-corrected chi connectivity index (χ0v) is 20.0. The lowest BCUT2D eigenvalue weighted by Crippen LogP contribution is -2.39. The molecular weight excluding hydrogens is 424 g/mol. The molecule has 174 valence electrons. The Balaban J connectivity index is 1.32. The molecule has 6 rings (SSSR count). The van der Waals surface area contributed by atoms with Crippen molar-refractivity contribution >= 4 is 10.9 Å². The number of aromatic amines is 1. The van der Waals surface area contributed by atoms with Crippen LogP contribution < -0.4 is 14.2 Å². The predicted octanol–water partition coefficient (Wildman–Crippen LogP) is 5.73. The number of nitrogens with zero attached hydrogens (tertiary/aromatic N) is 1. The summed E-state index contributed by atoms with van der Waals surface area (Å²) in [5.74, 6) is 2.53. The highest BCUT2D eigenvalue weighted by atomic mass is 16.5. The van der Waals surface area contributed by atoms with E-state index in [1.165, 1.54) is 38.9 Å². The number of nitrogens with one attached hydrogen (secondary N) is 1. The molecule has 3 aromatic carbocycles. The Bertz CT molecular complexity index is 1360. The molecule has 0 amide bonds. The third kappa shape index (κ3) is 3.61. The lowest BCUT2D eigenvalue weighted by molar-refractivity contribution is 0.158. The molecule has 2 aliphatic rings. The van der Waals surface area contributed by atoms with Crippen LogP contribution >= 0.6 is 0 Å². The van der Waals surface area contributed by atoms with Crippen molar-refractivity contribution in [3.05, 3.63) is 88.1 Å². The van der Waals surface area contributed by atoms with Gasteiger partial charge in [0, 0.05) is 35.7 Å². The van der Waals surface area contributed by atoms with Crippen molar-refractivity contribution in [1.29, 1.82) is 0 Å². The number of rotatable bonds is 5. The first-order chi connectivity index (χ1) is 16.6. The van der Waals surface area contributed by atoms with Gasteiger partial charge < -0.3 is 19.2 Å². The van der Waals surface area contributed by atoms with Crippen molar-refractivity contribution in [2.24, 2.45) is 0 Å². The Morgan fingerprint density at radius 2 is 1.82 bits per heavy atom. The van der Waals surface area contributed by atoms with Crippen LogP contribution in [0.5, 0.6) is 17.2 Å². The van der Waals surface area contributed by atoms with E-state index in [1.54, 1.807) is 14.2 Å². The molecule has 0 unspecified atom stereocenters. The van der Waals surface area contributed by atoms with Crippen LogP contribution in [0.1, 0.15) is 39.6 Å². The van der Waals surface area contributed by atoms with E-state index in [0.717, 1.165) is 48.7 Å². The van der Waals surface area contributed by atoms with Gasteiger partial charge in [0.05, 0.1) is 14.2 Å². The summed E-state index contributed by atoms with van der Waals surface area (Å²) in [5, 5.41) is 1.27. The van der Waals surface area contributed by atoms with Gasteiger partial charge in [-0.3, -0.25) is 4.90 Å². The maximum Gasteiger partial charge on any atom is 0.161 e. The van der Waals surface area contributed by atoms with Crippen LogP contribution in [-0.4, -0.2) is 30.6 Å². The fourth-order valence-corrected chi connectivity index (χ4v) is 5.48. The summed E-state index contributed by atoms with van der Waals surface area (Å²) in [6.07, 6.45) is 1.99. The third-order valence-electron chi connectivity index (χ3n) is 7.37. The van der Waals surface area contributed by atoms with E-state index in [1.807, 2.05) is 6.07 Å². The maximum absolute atomic E-state index is 6.23. The number of H-pyrrole nitrogens is 1. The first-order valence-corrected chi connectivity index (χ1v) is 11.9. The summed E-state index contributed by atoms with van der Waals surface area (Å²) >= 11 is 0. The SMILES string of the molecule is COc1ccc2[nH]c3c(c2c1)C[C@@H]1c2cc(OC)c(OCc4ccc(C)cc4)cc2CCN1C3. The molecule has 4 aromatic rings. The van der Waals surface area contributed by atoms with Crippen LogP contribution in [0.2, 0.25) is 0 Å². The fourth-order valence-electron chi connectivity index (χ4n) is 5.48. The standard InChI is InChI=1S/C29H30N2O3/c1-18-4-6-19(7-5-18)17-34-29-12-20-10-11-31-16-26-24(14-27(31)22(20)15-28(29)33-3)23-13-21(32-2)8-9-25(23)30-26/h4-9,12-13,15,27,30H,10-11,14,16-17H2,1-3H3/t27-/m1/s1. The van der Waals surface area contributed by atoms with Crippen molar-refractivity contribution in [3.63, 3.8) is 0 Å². The van der Waals surface area contributed by atoms with Gasteiger partial charge in [-0.05, 0) is 72.4 Å². The number of fused-ring (bicyclic) bond motifs is 6. The Kier molecular flexibility index (Phi) is 5.22. The average molecular weight is 455 g/mol. The van der Waals surface area contributed by atoms with E-state index in [0.29, 0.717) is 12.6 Å². The molecule has 0 saturated heterocycles. The van der Waals surface area contributed by atoms with Gasteiger partial charge in [-0.1, -0.05) is 29.8 Å². The highest BCUT2D eigenvalue weighted by molar-refractivity contribution is 5.86. The highest BCUT2D eigenvalue weighted by Gasteiger charge is 2.34. The van der Waals surface area contributed by atoms with Gasteiger partial charge in [-0.15, -0.1) is 0 Å². The molecule has 5 nitrogen and oxygen atoms in total. The number of hydrogen-bond acceptors (Lipinski definition) is 4. The van der Waals surface area contributed by atoms with Crippen LogP contribution in [0.4, 0.5) is 0 Å². The molecule has 2 aliphatic heterocycles. The predicted molar refractivity (Wildman–Crippen MR) is 134 cm³/mol. The average Bonchev–Trinajstić information content (AvgIpc) is 3.23. The van der Waals surface area contributed by atoms with Gasteiger partial charge in [0.1, 0.15) is 12.4 Å². The van der Waals surface area contributed by atoms with E-state index in [-0.39, 0.29) is 0 Å². The second-order valence-corrected chi connectivity index (χ2v) is 9.41. The fraction of sp³-hybridized carbons (Fsp3) is 0.310. The molecule has 0 saturated carbocycles. The summed E-state index contributed by atoms with van der Waals surface area (Å²) in [7, 11) is 3.45. The van der Waals surface area contributed by atoms with Crippen molar-refractivity contribution in [3.8, 4) is 17.2 Å². The summed E-state index contributed by atoms with van der Waals surface area (Å²) in [4.78, 5) is 6.24. The van der Waals surface area contributed by atoms with Crippen LogP contribution in [0.3, 0.4) is 0 Å². The van der Waals surface area contributed by atoms with Crippen LogP contribution in [0.25, 0.3) is 10.9 Å². The molecular formula is C29H30N2O3. The van der Waals surface area contributed by atoms with Gasteiger partial charge in [0.15, 0.2) is 11.5 Å². The molecule has 0 spiro atoms. The van der Waals surface area contributed by atoms with Crippen LogP contribution in [0.15, 0.2) is 54.6 Å².